The molecule has 0 aliphatic rings. The van der Waals surface area contributed by atoms with Crippen molar-refractivity contribution in [1.29, 1.82) is 0 Å². The highest BCUT2D eigenvalue weighted by Gasteiger charge is 2.10. The van der Waals surface area contributed by atoms with Crippen molar-refractivity contribution in [1.82, 2.24) is 4.98 Å². The number of aromatic nitrogens is 1. The molecule has 0 spiro atoms. The second-order valence-electron chi connectivity index (χ2n) is 5.55. The van der Waals surface area contributed by atoms with Gasteiger partial charge in [0, 0.05) is 17.3 Å². The summed E-state index contributed by atoms with van der Waals surface area (Å²) in [6.45, 7) is 2.08. The van der Waals surface area contributed by atoms with E-state index in [9.17, 15) is 0 Å². The number of furan rings is 1. The summed E-state index contributed by atoms with van der Waals surface area (Å²) in [5, 5.41) is 3.42. The summed E-state index contributed by atoms with van der Waals surface area (Å²) in [4.78, 5) is 4.70. The maximum Gasteiger partial charge on any atom is 0.175 e. The molecule has 0 unspecified atom stereocenters. The van der Waals surface area contributed by atoms with Gasteiger partial charge in [0.1, 0.15) is 5.52 Å². The minimum Gasteiger partial charge on any atom is -0.460 e. The standard InChI is InChI=1S/C20H16N2O/c1-14-7-9-15(10-8-14)18-13-19(20-17(22-18)11-12-23-20)21-16-5-3-2-4-6-16/h2-13H,1H3,(H,21,22). The van der Waals surface area contributed by atoms with Crippen molar-refractivity contribution >= 4 is 22.5 Å². The quantitative estimate of drug-likeness (QED) is 0.539. The Morgan fingerprint density at radius 3 is 2.48 bits per heavy atom. The van der Waals surface area contributed by atoms with Gasteiger partial charge in [0.05, 0.1) is 17.6 Å². The molecule has 0 saturated carbocycles. The molecule has 112 valence electrons. The Bertz CT molecular complexity index is 940. The van der Waals surface area contributed by atoms with E-state index in [2.05, 4.69) is 36.5 Å². The fourth-order valence-electron chi connectivity index (χ4n) is 2.60. The molecule has 4 aromatic rings. The molecule has 0 aliphatic carbocycles. The van der Waals surface area contributed by atoms with Gasteiger partial charge in [-0.1, -0.05) is 48.0 Å². The fourth-order valence-corrected chi connectivity index (χ4v) is 2.60. The zero-order valence-electron chi connectivity index (χ0n) is 12.8. The molecule has 3 heteroatoms. The zero-order valence-corrected chi connectivity index (χ0v) is 12.8. The largest absolute Gasteiger partial charge is 0.460 e. The summed E-state index contributed by atoms with van der Waals surface area (Å²) in [5.74, 6) is 0. The summed E-state index contributed by atoms with van der Waals surface area (Å²) >= 11 is 0. The highest BCUT2D eigenvalue weighted by molar-refractivity contribution is 5.91. The number of nitrogens with one attached hydrogen (secondary N) is 1. The van der Waals surface area contributed by atoms with Gasteiger partial charge < -0.3 is 9.73 Å². The van der Waals surface area contributed by atoms with Crippen LogP contribution in [0.2, 0.25) is 0 Å². The summed E-state index contributed by atoms with van der Waals surface area (Å²) < 4.78 is 5.61. The van der Waals surface area contributed by atoms with Crippen LogP contribution in [0.5, 0.6) is 0 Å². The van der Waals surface area contributed by atoms with Gasteiger partial charge in [0.2, 0.25) is 0 Å². The van der Waals surface area contributed by atoms with Crippen molar-refractivity contribution in [2.45, 2.75) is 6.92 Å². The number of hydrogen-bond acceptors (Lipinski definition) is 3. The molecule has 0 bridgehead atoms. The number of rotatable bonds is 3. The van der Waals surface area contributed by atoms with Crippen LogP contribution in [0.15, 0.2) is 77.4 Å². The summed E-state index contributed by atoms with van der Waals surface area (Å²) in [5.41, 5.74) is 6.81. The maximum atomic E-state index is 5.61. The highest BCUT2D eigenvalue weighted by atomic mass is 16.3. The molecule has 3 nitrogen and oxygen atoms in total. The Kier molecular flexibility index (Phi) is 3.31. The van der Waals surface area contributed by atoms with Gasteiger partial charge in [-0.25, -0.2) is 4.98 Å². The molecule has 2 aromatic heterocycles. The number of benzene rings is 2. The predicted octanol–water partition coefficient (Wildman–Crippen LogP) is 5.55. The molecule has 4 rings (SSSR count). The van der Waals surface area contributed by atoms with Crippen molar-refractivity contribution in [2.75, 3.05) is 5.32 Å². The first-order valence-electron chi connectivity index (χ1n) is 7.57. The lowest BCUT2D eigenvalue weighted by molar-refractivity contribution is 0.616. The van der Waals surface area contributed by atoms with E-state index in [0.29, 0.717) is 0 Å². The van der Waals surface area contributed by atoms with Crippen LogP contribution in [0.3, 0.4) is 0 Å². The topological polar surface area (TPSA) is 38.1 Å². The molecule has 0 fully saturated rings. The smallest absolute Gasteiger partial charge is 0.175 e. The van der Waals surface area contributed by atoms with E-state index in [4.69, 9.17) is 9.40 Å². The Hall–Kier alpha value is -3.07. The third-order valence-corrected chi connectivity index (χ3v) is 3.81. The number of fused-ring (bicyclic) bond motifs is 1. The molecule has 0 radical (unpaired) electrons. The number of aryl methyl sites for hydroxylation is 1. The molecular weight excluding hydrogens is 284 g/mol. The van der Waals surface area contributed by atoms with Crippen molar-refractivity contribution in [3.05, 3.63) is 78.6 Å². The van der Waals surface area contributed by atoms with E-state index in [1.807, 2.05) is 42.5 Å². The first-order valence-corrected chi connectivity index (χ1v) is 7.57. The van der Waals surface area contributed by atoms with Gasteiger partial charge in [-0.3, -0.25) is 0 Å². The van der Waals surface area contributed by atoms with Gasteiger partial charge in [-0.05, 0) is 25.1 Å². The molecule has 0 saturated heterocycles. The van der Waals surface area contributed by atoms with Gasteiger partial charge in [0.25, 0.3) is 0 Å². The molecular formula is C20H16N2O. The maximum absolute atomic E-state index is 5.61. The van der Waals surface area contributed by atoms with Gasteiger partial charge >= 0.3 is 0 Å². The second kappa shape index (κ2) is 5.61. The van der Waals surface area contributed by atoms with Crippen LogP contribution >= 0.6 is 0 Å². The van der Waals surface area contributed by atoms with E-state index in [1.54, 1.807) is 6.26 Å². The molecule has 2 heterocycles. The van der Waals surface area contributed by atoms with Crippen LogP contribution in [0.25, 0.3) is 22.4 Å². The van der Waals surface area contributed by atoms with Gasteiger partial charge in [-0.15, -0.1) is 0 Å². The van der Waals surface area contributed by atoms with E-state index in [-0.39, 0.29) is 0 Å². The van der Waals surface area contributed by atoms with Crippen LogP contribution in [-0.4, -0.2) is 4.98 Å². The Balaban J connectivity index is 1.82. The SMILES string of the molecule is Cc1ccc(-c2cc(Nc3ccccc3)c3occc3n2)cc1. The number of anilines is 2. The van der Waals surface area contributed by atoms with Crippen molar-refractivity contribution in [3.8, 4) is 11.3 Å². The van der Waals surface area contributed by atoms with Crippen LogP contribution < -0.4 is 5.32 Å². The predicted molar refractivity (Wildman–Crippen MR) is 93.9 cm³/mol. The second-order valence-corrected chi connectivity index (χ2v) is 5.55. The lowest BCUT2D eigenvalue weighted by Gasteiger charge is -2.09. The van der Waals surface area contributed by atoms with E-state index in [1.165, 1.54) is 5.56 Å². The molecule has 0 atom stereocenters. The molecule has 23 heavy (non-hydrogen) atoms. The average molecular weight is 300 g/mol. The number of pyridine rings is 1. The molecule has 1 N–H and O–H groups in total. The monoisotopic (exact) mass is 300 g/mol. The van der Waals surface area contributed by atoms with Crippen LogP contribution in [0.4, 0.5) is 11.4 Å². The van der Waals surface area contributed by atoms with E-state index < -0.39 is 0 Å². The lowest BCUT2D eigenvalue weighted by Crippen LogP contribution is -1.93. The van der Waals surface area contributed by atoms with Crippen molar-refractivity contribution < 1.29 is 4.42 Å². The van der Waals surface area contributed by atoms with E-state index >= 15 is 0 Å². The molecule has 2 aromatic carbocycles. The first-order chi connectivity index (χ1) is 11.3. The van der Waals surface area contributed by atoms with Gasteiger partial charge in [-0.2, -0.15) is 0 Å². The van der Waals surface area contributed by atoms with Crippen LogP contribution in [0.1, 0.15) is 5.56 Å². The molecule has 0 aliphatic heterocycles. The Morgan fingerprint density at radius 2 is 1.70 bits per heavy atom. The third kappa shape index (κ3) is 2.69. The van der Waals surface area contributed by atoms with E-state index in [0.717, 1.165) is 33.7 Å². The van der Waals surface area contributed by atoms with Crippen molar-refractivity contribution in [2.24, 2.45) is 0 Å². The van der Waals surface area contributed by atoms with Crippen LogP contribution in [-0.2, 0) is 0 Å². The highest BCUT2D eigenvalue weighted by Crippen LogP contribution is 2.31. The normalized spacial score (nSPS) is 10.8. The number of para-hydroxylation sites is 1. The van der Waals surface area contributed by atoms with Crippen molar-refractivity contribution in [3.63, 3.8) is 0 Å². The Labute approximate surface area is 134 Å². The Morgan fingerprint density at radius 1 is 0.913 bits per heavy atom. The third-order valence-electron chi connectivity index (χ3n) is 3.81. The summed E-state index contributed by atoms with van der Waals surface area (Å²) in [6.07, 6.45) is 1.67. The fraction of sp³-hybridized carbons (Fsp3) is 0.0500. The van der Waals surface area contributed by atoms with Gasteiger partial charge in [0.15, 0.2) is 5.58 Å². The molecule has 0 amide bonds. The lowest BCUT2D eigenvalue weighted by atomic mass is 10.1. The zero-order chi connectivity index (χ0) is 15.6. The average Bonchev–Trinajstić information content (AvgIpc) is 3.05. The van der Waals surface area contributed by atoms with Crippen LogP contribution in [0, 0.1) is 6.92 Å². The minimum absolute atomic E-state index is 0.768. The summed E-state index contributed by atoms with van der Waals surface area (Å²) in [6, 6.07) is 22.4. The first kappa shape index (κ1) is 13.6. The summed E-state index contributed by atoms with van der Waals surface area (Å²) in [7, 11) is 0. The number of nitrogens with zero attached hydrogens (tertiary/aromatic N) is 1. The number of hydrogen-bond donors (Lipinski definition) is 1. The minimum atomic E-state index is 0.768.